The first kappa shape index (κ1) is 33.2. The van der Waals surface area contributed by atoms with Crippen LogP contribution in [-0.2, 0) is 22.6 Å². The van der Waals surface area contributed by atoms with Crippen molar-refractivity contribution in [2.45, 2.75) is 43.7 Å². The zero-order valence-electron chi connectivity index (χ0n) is 25.6. The number of carboxylic acids is 1. The molecule has 0 spiro atoms. The monoisotopic (exact) mass is 676 g/mol. The van der Waals surface area contributed by atoms with E-state index in [1.165, 1.54) is 24.3 Å². The second kappa shape index (κ2) is 13.8. The van der Waals surface area contributed by atoms with Crippen LogP contribution < -0.4 is 25.4 Å². The van der Waals surface area contributed by atoms with Crippen molar-refractivity contribution in [1.82, 2.24) is 4.98 Å². The molecule has 5 aromatic rings. The van der Waals surface area contributed by atoms with E-state index in [1.54, 1.807) is 42.5 Å². The minimum Gasteiger partial charge on any atom is -0.508 e. The lowest BCUT2D eigenvalue weighted by Crippen LogP contribution is -2.61. The number of hydrogen-bond donors (Lipinski definition) is 8. The molecule has 3 aromatic carbocycles. The number of nitrogens with two attached hydrogens (primary N) is 1. The van der Waals surface area contributed by atoms with E-state index in [0.717, 1.165) is 5.69 Å². The fraction of sp³-hybridized carbons (Fsp3) is 0.235. The largest absolute Gasteiger partial charge is 0.508 e. The summed E-state index contributed by atoms with van der Waals surface area (Å²) in [7, 11) is 0. The molecule has 5 atom stereocenters. The number of phenols is 2. The molecule has 49 heavy (non-hydrogen) atoms. The first-order valence-corrected chi connectivity index (χ1v) is 15.0. The fourth-order valence-corrected chi connectivity index (χ4v) is 5.31. The van der Waals surface area contributed by atoms with Crippen LogP contribution in [0.3, 0.4) is 0 Å². The number of phenolic OH excluding ortho intramolecular Hbond substituents is 2. The fourth-order valence-electron chi connectivity index (χ4n) is 5.31. The third-order valence-electron chi connectivity index (χ3n) is 7.81. The molecule has 1 saturated heterocycles. The number of ether oxygens (including phenoxy) is 4. The second-order valence-corrected chi connectivity index (χ2v) is 11.3. The molecule has 256 valence electrons. The predicted octanol–water partition coefficient (Wildman–Crippen LogP) is 2.25. The smallest absolute Gasteiger partial charge is 0.335 e. The number of fused-ring (bicyclic) bond motifs is 1. The van der Waals surface area contributed by atoms with Crippen LogP contribution in [0.5, 0.6) is 28.7 Å². The summed E-state index contributed by atoms with van der Waals surface area (Å²) in [6.07, 6.45) is -9.15. The Morgan fingerprint density at radius 3 is 2.39 bits per heavy atom. The Balaban J connectivity index is 1.32. The highest BCUT2D eigenvalue weighted by Crippen LogP contribution is 2.44. The third kappa shape index (κ3) is 7.09. The van der Waals surface area contributed by atoms with Crippen molar-refractivity contribution >= 4 is 22.8 Å². The lowest BCUT2D eigenvalue weighted by molar-refractivity contribution is -0.271. The Kier molecular flexibility index (Phi) is 9.33. The van der Waals surface area contributed by atoms with E-state index in [0.29, 0.717) is 35.7 Å². The Hall–Kier alpha value is -5.74. The van der Waals surface area contributed by atoms with Crippen LogP contribution in [0.25, 0.3) is 22.3 Å². The average molecular weight is 677 g/mol. The quantitative estimate of drug-likeness (QED) is 0.100. The number of aromatic amines is 1. The predicted molar refractivity (Wildman–Crippen MR) is 171 cm³/mol. The number of benzene rings is 3. The van der Waals surface area contributed by atoms with E-state index in [9.17, 15) is 40.2 Å². The molecule has 0 bridgehead atoms. The van der Waals surface area contributed by atoms with Crippen molar-refractivity contribution in [1.29, 1.82) is 0 Å². The number of aromatic hydroxyl groups is 2. The van der Waals surface area contributed by atoms with Crippen LogP contribution in [0.15, 0.2) is 82.0 Å². The van der Waals surface area contributed by atoms with Gasteiger partial charge in [-0.05, 0) is 54.1 Å². The third-order valence-corrected chi connectivity index (χ3v) is 7.81. The number of nitrogen functional groups attached to an aromatic ring is 1. The number of nitrogens with one attached hydrogen (secondary N) is 1. The number of H-pyrrole nitrogens is 1. The van der Waals surface area contributed by atoms with Crippen molar-refractivity contribution in [3.05, 3.63) is 94.3 Å². The summed E-state index contributed by atoms with van der Waals surface area (Å²) in [4.78, 5) is 28.1. The summed E-state index contributed by atoms with van der Waals surface area (Å²) in [5, 5.41) is 61.3. The molecule has 15 heteroatoms. The van der Waals surface area contributed by atoms with E-state index in [1.807, 2.05) is 6.07 Å². The van der Waals surface area contributed by atoms with Gasteiger partial charge in [0.05, 0.1) is 6.61 Å². The number of carboxylic acid groups (broad SMARTS) is 1. The van der Waals surface area contributed by atoms with E-state index in [2.05, 4.69) is 4.98 Å². The van der Waals surface area contributed by atoms with Crippen molar-refractivity contribution in [3.63, 3.8) is 0 Å². The molecule has 5 unspecified atom stereocenters. The molecule has 1 fully saturated rings. The van der Waals surface area contributed by atoms with E-state index in [-0.39, 0.29) is 34.8 Å². The zero-order valence-corrected chi connectivity index (χ0v) is 25.6. The van der Waals surface area contributed by atoms with E-state index in [4.69, 9.17) is 29.1 Å². The van der Waals surface area contributed by atoms with Crippen molar-refractivity contribution in [2.24, 2.45) is 0 Å². The highest BCUT2D eigenvalue weighted by molar-refractivity contribution is 5.89. The number of anilines is 1. The molecule has 6 rings (SSSR count). The van der Waals surface area contributed by atoms with Gasteiger partial charge in [0.2, 0.25) is 12.0 Å². The molecular formula is C34H32N2O13. The second-order valence-electron chi connectivity index (χ2n) is 11.3. The number of aliphatic hydroxyl groups is 3. The Morgan fingerprint density at radius 2 is 1.69 bits per heavy atom. The summed E-state index contributed by atoms with van der Waals surface area (Å²) < 4.78 is 28.6. The van der Waals surface area contributed by atoms with Gasteiger partial charge in [-0.1, -0.05) is 12.1 Å². The minimum absolute atomic E-state index is 0.0544. The summed E-state index contributed by atoms with van der Waals surface area (Å²) in [5.74, 6) is -1.94. The molecule has 0 amide bonds. The molecule has 0 aliphatic carbocycles. The highest BCUT2D eigenvalue weighted by atomic mass is 16.7. The van der Waals surface area contributed by atoms with Gasteiger partial charge in [0.25, 0.3) is 0 Å². The maximum absolute atomic E-state index is 13.4. The van der Waals surface area contributed by atoms with Crippen LogP contribution in [0.2, 0.25) is 0 Å². The van der Waals surface area contributed by atoms with Gasteiger partial charge in [0, 0.05) is 29.8 Å². The molecule has 9 N–H and O–H groups in total. The highest BCUT2D eigenvalue weighted by Gasteiger charge is 2.48. The van der Waals surface area contributed by atoms with Gasteiger partial charge in [0.1, 0.15) is 59.0 Å². The van der Waals surface area contributed by atoms with Crippen LogP contribution in [0.4, 0.5) is 5.82 Å². The average Bonchev–Trinajstić information content (AvgIpc) is 3.49. The SMILES string of the molecule is Nc1ccc(CCOc2ccc(-c3cc(=O)c4c(O)c(OCc5cccc(O)c5)c(OC5OC(C(=O)O)C(O)C(O)C5O)cc4o3)cc2)[nH]1. The Labute approximate surface area is 276 Å². The first-order valence-electron chi connectivity index (χ1n) is 15.0. The van der Waals surface area contributed by atoms with Gasteiger partial charge in [-0.2, -0.15) is 0 Å². The molecular weight excluding hydrogens is 644 g/mol. The summed E-state index contributed by atoms with van der Waals surface area (Å²) in [6.45, 7) is 0.138. The van der Waals surface area contributed by atoms with Crippen molar-refractivity contribution < 1.29 is 58.8 Å². The minimum atomic E-state index is -1.98. The molecule has 2 aromatic heterocycles. The Morgan fingerprint density at radius 1 is 0.918 bits per heavy atom. The standard InChI is InChI=1S/C34H32N2O13/c35-25-9-6-18(36-25)10-11-45-20-7-4-17(5-8-20)22-13-21(38)26-23(47-22)14-24(31(27(26)39)46-15-16-2-1-3-19(37)12-16)48-34-30(42)28(40)29(41)32(49-34)33(43)44/h1-9,12-14,28-30,32,34,36-37,39-42H,10-11,15,35H2,(H,43,44). The zero-order chi connectivity index (χ0) is 34.8. The van der Waals surface area contributed by atoms with Gasteiger partial charge < -0.3 is 64.7 Å². The molecule has 1 aliphatic rings. The molecule has 15 nitrogen and oxygen atoms in total. The molecule has 0 saturated carbocycles. The number of aromatic nitrogens is 1. The van der Waals surface area contributed by atoms with E-state index >= 15 is 0 Å². The normalized spacial score (nSPS) is 20.6. The molecule has 3 heterocycles. The van der Waals surface area contributed by atoms with Crippen LogP contribution >= 0.6 is 0 Å². The maximum atomic E-state index is 13.4. The Bertz CT molecular complexity index is 2020. The molecule has 0 radical (unpaired) electrons. The number of aliphatic carboxylic acids is 1. The van der Waals surface area contributed by atoms with Crippen molar-refractivity contribution in [3.8, 4) is 40.1 Å². The van der Waals surface area contributed by atoms with Crippen molar-refractivity contribution in [2.75, 3.05) is 12.3 Å². The van der Waals surface area contributed by atoms with Gasteiger partial charge in [-0.3, -0.25) is 4.79 Å². The number of aliphatic hydroxyl groups excluding tert-OH is 3. The first-order chi connectivity index (χ1) is 23.5. The molecule has 1 aliphatic heterocycles. The van der Waals surface area contributed by atoms with Crippen LogP contribution in [0.1, 0.15) is 11.3 Å². The number of hydrogen-bond acceptors (Lipinski definition) is 13. The van der Waals surface area contributed by atoms with Gasteiger partial charge in [0.15, 0.2) is 23.0 Å². The summed E-state index contributed by atoms with van der Waals surface area (Å²) in [5.41, 5.74) is 6.75. The topological polar surface area (TPSA) is 247 Å². The van der Waals surface area contributed by atoms with Crippen LogP contribution in [0, 0.1) is 0 Å². The lowest BCUT2D eigenvalue weighted by atomic mass is 9.99. The van der Waals surface area contributed by atoms with Gasteiger partial charge >= 0.3 is 5.97 Å². The number of carbonyl (C=O) groups is 1. The summed E-state index contributed by atoms with van der Waals surface area (Å²) in [6, 6.07) is 18.7. The number of rotatable bonds is 11. The maximum Gasteiger partial charge on any atom is 0.335 e. The summed E-state index contributed by atoms with van der Waals surface area (Å²) >= 11 is 0. The van der Waals surface area contributed by atoms with Gasteiger partial charge in [-0.15, -0.1) is 0 Å². The van der Waals surface area contributed by atoms with Gasteiger partial charge in [-0.25, -0.2) is 4.79 Å². The lowest BCUT2D eigenvalue weighted by Gasteiger charge is -2.38. The van der Waals surface area contributed by atoms with Crippen LogP contribution in [-0.4, -0.2) is 78.9 Å². The van der Waals surface area contributed by atoms with E-state index < -0.39 is 53.6 Å².